The fourth-order valence-electron chi connectivity index (χ4n) is 3.60. The van der Waals surface area contributed by atoms with Crippen LogP contribution in [0.25, 0.3) is 0 Å². The maximum atomic E-state index is 13.5. The average molecular weight is 370 g/mol. The first kappa shape index (κ1) is 19.3. The van der Waals surface area contributed by atoms with Gasteiger partial charge in [0.25, 0.3) is 5.91 Å². The van der Waals surface area contributed by atoms with E-state index in [9.17, 15) is 9.18 Å². The molecule has 0 saturated heterocycles. The van der Waals surface area contributed by atoms with Crippen molar-refractivity contribution in [1.82, 2.24) is 20.0 Å². The van der Waals surface area contributed by atoms with Crippen LogP contribution in [0.4, 0.5) is 4.39 Å². The standard InChI is InChI=1S/C21H27FN4O/c1-5-10-26-19-9-8-17(12-18(19)20(24-26)21(27)25(3)4)23-13-15-11-16(22)7-6-14(15)2/h5-7,11,17,23H,1,8-10,12-13H2,2-4H3. The summed E-state index contributed by atoms with van der Waals surface area (Å²) in [6.07, 6.45) is 4.36. The van der Waals surface area contributed by atoms with E-state index >= 15 is 0 Å². The fraction of sp³-hybridized carbons (Fsp3) is 0.429. The van der Waals surface area contributed by atoms with E-state index in [1.54, 1.807) is 37.2 Å². The van der Waals surface area contributed by atoms with Crippen LogP contribution in [0.5, 0.6) is 0 Å². The van der Waals surface area contributed by atoms with Gasteiger partial charge in [0.15, 0.2) is 5.69 Å². The van der Waals surface area contributed by atoms with Gasteiger partial charge in [0.1, 0.15) is 5.82 Å². The highest BCUT2D eigenvalue weighted by Gasteiger charge is 2.29. The highest BCUT2D eigenvalue weighted by Crippen LogP contribution is 2.26. The fourth-order valence-corrected chi connectivity index (χ4v) is 3.60. The van der Waals surface area contributed by atoms with Crippen LogP contribution >= 0.6 is 0 Å². The smallest absolute Gasteiger partial charge is 0.274 e. The maximum absolute atomic E-state index is 13.5. The number of nitrogens with one attached hydrogen (secondary N) is 1. The van der Waals surface area contributed by atoms with Crippen molar-refractivity contribution in [3.63, 3.8) is 0 Å². The molecule has 2 aromatic rings. The maximum Gasteiger partial charge on any atom is 0.274 e. The Balaban J connectivity index is 1.79. The van der Waals surface area contributed by atoms with Crippen molar-refractivity contribution in [2.75, 3.05) is 14.1 Å². The van der Waals surface area contributed by atoms with Crippen LogP contribution in [0.15, 0.2) is 30.9 Å². The molecule has 1 unspecified atom stereocenters. The van der Waals surface area contributed by atoms with Crippen molar-refractivity contribution in [2.45, 2.75) is 45.3 Å². The van der Waals surface area contributed by atoms with E-state index in [0.29, 0.717) is 18.8 Å². The van der Waals surface area contributed by atoms with E-state index in [2.05, 4.69) is 17.0 Å². The first-order valence-corrected chi connectivity index (χ1v) is 9.30. The van der Waals surface area contributed by atoms with Gasteiger partial charge in [-0.25, -0.2) is 4.39 Å². The topological polar surface area (TPSA) is 50.2 Å². The lowest BCUT2D eigenvalue weighted by atomic mass is 9.90. The van der Waals surface area contributed by atoms with Gasteiger partial charge < -0.3 is 10.2 Å². The third-order valence-corrected chi connectivity index (χ3v) is 5.15. The number of carbonyl (C=O) groups excluding carboxylic acids is 1. The minimum atomic E-state index is -0.215. The molecule has 0 aliphatic heterocycles. The number of fused-ring (bicyclic) bond motifs is 1. The molecule has 1 aliphatic rings. The predicted octanol–water partition coefficient (Wildman–Crippen LogP) is 2.87. The molecular formula is C21H27FN4O. The SMILES string of the molecule is C=CCn1nc(C(=O)N(C)C)c2c1CCC(NCc1cc(F)ccc1C)C2. The summed E-state index contributed by atoms with van der Waals surface area (Å²) in [6, 6.07) is 5.10. The summed E-state index contributed by atoms with van der Waals surface area (Å²) in [7, 11) is 3.49. The summed E-state index contributed by atoms with van der Waals surface area (Å²) in [6.45, 7) is 6.99. The van der Waals surface area contributed by atoms with Gasteiger partial charge in [-0.15, -0.1) is 6.58 Å². The highest BCUT2D eigenvalue weighted by atomic mass is 19.1. The van der Waals surface area contributed by atoms with Gasteiger partial charge in [-0.05, 0) is 49.4 Å². The summed E-state index contributed by atoms with van der Waals surface area (Å²) in [5.74, 6) is -0.288. The second kappa shape index (κ2) is 8.05. The number of nitrogens with zero attached hydrogens (tertiary/aromatic N) is 3. The number of hydrogen-bond acceptors (Lipinski definition) is 3. The number of benzene rings is 1. The molecule has 0 saturated carbocycles. The lowest BCUT2D eigenvalue weighted by molar-refractivity contribution is 0.0820. The molecule has 3 rings (SSSR count). The molecule has 1 heterocycles. The summed E-state index contributed by atoms with van der Waals surface area (Å²) >= 11 is 0. The van der Waals surface area contributed by atoms with Crippen molar-refractivity contribution in [2.24, 2.45) is 0 Å². The van der Waals surface area contributed by atoms with Crippen molar-refractivity contribution in [3.05, 3.63) is 64.7 Å². The van der Waals surface area contributed by atoms with Crippen LogP contribution in [0.2, 0.25) is 0 Å². The Morgan fingerprint density at radius 1 is 1.48 bits per heavy atom. The zero-order valence-corrected chi connectivity index (χ0v) is 16.3. The number of aryl methyl sites for hydroxylation is 1. The van der Waals surface area contributed by atoms with Crippen LogP contribution in [-0.4, -0.2) is 40.7 Å². The summed E-state index contributed by atoms with van der Waals surface area (Å²) in [5.41, 5.74) is 4.72. The van der Waals surface area contributed by atoms with E-state index in [0.717, 1.165) is 41.6 Å². The Bertz CT molecular complexity index is 856. The van der Waals surface area contributed by atoms with Crippen LogP contribution in [-0.2, 0) is 25.9 Å². The Morgan fingerprint density at radius 2 is 2.26 bits per heavy atom. The van der Waals surface area contributed by atoms with Gasteiger partial charge >= 0.3 is 0 Å². The van der Waals surface area contributed by atoms with E-state index in [4.69, 9.17) is 0 Å². The zero-order chi connectivity index (χ0) is 19.6. The quantitative estimate of drug-likeness (QED) is 0.796. The van der Waals surface area contributed by atoms with Gasteiger partial charge in [-0.1, -0.05) is 12.1 Å². The lowest BCUT2D eigenvalue weighted by Gasteiger charge is -2.25. The number of amides is 1. The number of carbonyl (C=O) groups is 1. The lowest BCUT2D eigenvalue weighted by Crippen LogP contribution is -2.35. The minimum Gasteiger partial charge on any atom is -0.343 e. The van der Waals surface area contributed by atoms with Gasteiger partial charge in [0.05, 0.1) is 6.54 Å². The van der Waals surface area contributed by atoms with E-state index in [1.165, 1.54) is 6.07 Å². The van der Waals surface area contributed by atoms with Crippen LogP contribution in [0, 0.1) is 12.7 Å². The molecule has 6 heteroatoms. The molecule has 1 amide bonds. The minimum absolute atomic E-state index is 0.0734. The number of hydrogen-bond donors (Lipinski definition) is 1. The molecule has 27 heavy (non-hydrogen) atoms. The normalized spacial score (nSPS) is 16.1. The number of aromatic nitrogens is 2. The molecule has 0 radical (unpaired) electrons. The van der Waals surface area contributed by atoms with Gasteiger partial charge in [-0.2, -0.15) is 5.10 Å². The number of allylic oxidation sites excluding steroid dienone is 1. The average Bonchev–Trinajstić information content (AvgIpc) is 3.00. The van der Waals surface area contributed by atoms with Crippen LogP contribution in [0.1, 0.15) is 39.3 Å². The molecule has 1 N–H and O–H groups in total. The van der Waals surface area contributed by atoms with Crippen molar-refractivity contribution >= 4 is 5.91 Å². The molecule has 144 valence electrons. The molecule has 1 aromatic carbocycles. The van der Waals surface area contributed by atoms with E-state index in [-0.39, 0.29) is 17.8 Å². The molecule has 5 nitrogen and oxygen atoms in total. The predicted molar refractivity (Wildman–Crippen MR) is 104 cm³/mol. The van der Waals surface area contributed by atoms with Crippen molar-refractivity contribution < 1.29 is 9.18 Å². The molecule has 1 aliphatic carbocycles. The summed E-state index contributed by atoms with van der Waals surface area (Å²) < 4.78 is 15.4. The van der Waals surface area contributed by atoms with Crippen LogP contribution < -0.4 is 5.32 Å². The second-order valence-corrected chi connectivity index (χ2v) is 7.34. The summed E-state index contributed by atoms with van der Waals surface area (Å²) in [4.78, 5) is 14.1. The number of halogens is 1. The van der Waals surface area contributed by atoms with Gasteiger partial charge in [0.2, 0.25) is 0 Å². The third-order valence-electron chi connectivity index (χ3n) is 5.15. The molecular weight excluding hydrogens is 343 g/mol. The second-order valence-electron chi connectivity index (χ2n) is 7.34. The zero-order valence-electron chi connectivity index (χ0n) is 16.3. The van der Waals surface area contributed by atoms with Crippen molar-refractivity contribution in [1.29, 1.82) is 0 Å². The van der Waals surface area contributed by atoms with E-state index in [1.807, 2.05) is 11.6 Å². The first-order chi connectivity index (χ1) is 12.9. The van der Waals surface area contributed by atoms with Gasteiger partial charge in [-0.3, -0.25) is 9.48 Å². The molecule has 0 fully saturated rings. The summed E-state index contributed by atoms with van der Waals surface area (Å²) in [5, 5.41) is 8.09. The van der Waals surface area contributed by atoms with Crippen LogP contribution in [0.3, 0.4) is 0 Å². The Morgan fingerprint density at radius 3 is 2.96 bits per heavy atom. The first-order valence-electron chi connectivity index (χ1n) is 9.30. The number of rotatable bonds is 6. The third kappa shape index (κ3) is 4.11. The monoisotopic (exact) mass is 370 g/mol. The molecule has 1 aromatic heterocycles. The Hall–Kier alpha value is -2.47. The largest absolute Gasteiger partial charge is 0.343 e. The molecule has 1 atom stereocenters. The Labute approximate surface area is 159 Å². The van der Waals surface area contributed by atoms with E-state index < -0.39 is 0 Å². The Kier molecular flexibility index (Phi) is 5.75. The molecule has 0 bridgehead atoms. The van der Waals surface area contributed by atoms with Crippen molar-refractivity contribution in [3.8, 4) is 0 Å². The highest BCUT2D eigenvalue weighted by molar-refractivity contribution is 5.93. The molecule has 0 spiro atoms. The van der Waals surface area contributed by atoms with Gasteiger partial charge in [0, 0.05) is 37.9 Å².